The van der Waals surface area contributed by atoms with Crippen molar-refractivity contribution in [1.29, 1.82) is 0 Å². The smallest absolute Gasteiger partial charge is 0.338 e. The van der Waals surface area contributed by atoms with E-state index in [1.54, 1.807) is 0 Å². The molecule has 16 heteroatoms. The Morgan fingerprint density at radius 2 is 1.13 bits per heavy atom. The van der Waals surface area contributed by atoms with Crippen LogP contribution in [0.4, 0.5) is 0 Å². The Balaban J connectivity index is 0.000000197. The molecular weight excluding hydrogens is 712 g/mol. The number of esters is 1. The van der Waals surface area contributed by atoms with E-state index in [1.807, 2.05) is 0 Å². The van der Waals surface area contributed by atoms with Gasteiger partial charge in [-0.25, -0.2) is 4.79 Å². The van der Waals surface area contributed by atoms with Crippen LogP contribution in [-0.4, -0.2) is 79.8 Å². The number of aryl methyl sites for hydroxylation is 2. The summed E-state index contributed by atoms with van der Waals surface area (Å²) in [6.45, 7) is 2.93. The Bertz CT molecular complexity index is 2340. The topological polar surface area (TPSA) is 292 Å². The van der Waals surface area contributed by atoms with Gasteiger partial charge in [0.2, 0.25) is 11.6 Å². The van der Waals surface area contributed by atoms with Crippen molar-refractivity contribution in [3.05, 3.63) is 105 Å². The van der Waals surface area contributed by atoms with E-state index in [9.17, 15) is 70.6 Å². The summed E-state index contributed by atoms with van der Waals surface area (Å²) >= 11 is 0. The molecule has 2 atom stereocenters. The molecule has 2 aliphatic rings. The highest BCUT2D eigenvalue weighted by molar-refractivity contribution is 6.32. The van der Waals surface area contributed by atoms with Crippen LogP contribution in [-0.2, 0) is 11.2 Å². The first kappa shape index (κ1) is 36.3. The number of phenols is 11. The Hall–Kier alpha value is -7.49. The van der Waals surface area contributed by atoms with Gasteiger partial charge < -0.3 is 65.6 Å². The lowest BCUT2D eigenvalue weighted by Crippen LogP contribution is -2.34. The Morgan fingerprint density at radius 3 is 1.65 bits per heavy atom. The number of carbonyl (C=O) groups is 3. The molecular formula is C38H30O16. The predicted octanol–water partition coefficient (Wildman–Crippen LogP) is 4.43. The quantitative estimate of drug-likeness (QED) is 0.0679. The van der Waals surface area contributed by atoms with Crippen molar-refractivity contribution in [2.24, 2.45) is 0 Å². The molecule has 0 fully saturated rings. The molecule has 11 N–H and O–H groups in total. The average Bonchev–Trinajstić information content (AvgIpc) is 3.10. The third-order valence-corrected chi connectivity index (χ3v) is 8.91. The van der Waals surface area contributed by atoms with Crippen LogP contribution in [0, 0.1) is 13.8 Å². The van der Waals surface area contributed by atoms with Gasteiger partial charge in [-0.1, -0.05) is 6.07 Å². The van der Waals surface area contributed by atoms with E-state index in [1.165, 1.54) is 38.1 Å². The molecule has 2 unspecified atom stereocenters. The Kier molecular flexibility index (Phi) is 8.90. The minimum Gasteiger partial charge on any atom is -0.508 e. The van der Waals surface area contributed by atoms with Crippen LogP contribution < -0.4 is 4.74 Å². The second-order valence-corrected chi connectivity index (χ2v) is 12.5. The van der Waals surface area contributed by atoms with Gasteiger partial charge in [-0.15, -0.1) is 0 Å². The molecule has 0 saturated carbocycles. The van der Waals surface area contributed by atoms with Gasteiger partial charge in [-0.3, -0.25) is 9.59 Å². The van der Waals surface area contributed by atoms with Gasteiger partial charge in [0.15, 0.2) is 34.9 Å². The van der Waals surface area contributed by atoms with Crippen molar-refractivity contribution >= 4 is 17.5 Å². The van der Waals surface area contributed by atoms with Crippen LogP contribution in [0.1, 0.15) is 70.6 Å². The molecule has 1 aliphatic heterocycles. The molecule has 54 heavy (non-hydrogen) atoms. The minimum atomic E-state index is -1.06. The number of hydrogen-bond donors (Lipinski definition) is 11. The van der Waals surface area contributed by atoms with Gasteiger partial charge >= 0.3 is 5.97 Å². The Morgan fingerprint density at radius 1 is 0.593 bits per heavy atom. The number of fused-ring (bicyclic) bond motifs is 3. The van der Waals surface area contributed by atoms with E-state index in [2.05, 4.69) is 0 Å². The fraction of sp³-hybridized carbons (Fsp3) is 0.132. The first-order valence-corrected chi connectivity index (χ1v) is 15.8. The number of ketones is 2. The number of aromatic hydroxyl groups is 11. The van der Waals surface area contributed by atoms with Crippen molar-refractivity contribution < 1.29 is 80.0 Å². The van der Waals surface area contributed by atoms with Gasteiger partial charge in [0, 0.05) is 29.7 Å². The summed E-state index contributed by atoms with van der Waals surface area (Å²) in [5.41, 5.74) is -0.720. The number of phenolic OH excluding ortho intramolecular Hbond substituents is 11. The first-order valence-electron chi connectivity index (χ1n) is 15.8. The van der Waals surface area contributed by atoms with Crippen LogP contribution in [0.2, 0.25) is 0 Å². The molecule has 7 rings (SSSR count). The van der Waals surface area contributed by atoms with E-state index in [4.69, 9.17) is 9.47 Å². The maximum Gasteiger partial charge on any atom is 0.338 e. The van der Waals surface area contributed by atoms with E-state index < -0.39 is 75.7 Å². The highest BCUT2D eigenvalue weighted by Crippen LogP contribution is 2.46. The molecule has 5 aromatic carbocycles. The SMILES string of the molecule is Cc1cc(O)c2c(c1O)C(=O)c1c(O)cc(C)c(O)c1C2=O.O=C(OC1Cc2c(O)cc(O)cc2OC1c1ccc(O)c(O)c1)c1cc(O)c(O)c(O)c1. The zero-order chi connectivity index (χ0) is 39.5. The molecule has 0 aromatic heterocycles. The van der Waals surface area contributed by atoms with Gasteiger partial charge in [0.25, 0.3) is 0 Å². The van der Waals surface area contributed by atoms with Crippen LogP contribution >= 0.6 is 0 Å². The summed E-state index contributed by atoms with van der Waals surface area (Å²) in [7, 11) is 0. The Labute approximate surface area is 303 Å². The molecule has 0 amide bonds. The van der Waals surface area contributed by atoms with E-state index in [0.29, 0.717) is 5.56 Å². The molecule has 1 heterocycles. The molecule has 5 aromatic rings. The third-order valence-electron chi connectivity index (χ3n) is 8.91. The number of carbonyl (C=O) groups excluding carboxylic acids is 3. The monoisotopic (exact) mass is 742 g/mol. The summed E-state index contributed by atoms with van der Waals surface area (Å²) < 4.78 is 11.4. The molecule has 0 bridgehead atoms. The van der Waals surface area contributed by atoms with Crippen molar-refractivity contribution in [3.8, 4) is 69.0 Å². The van der Waals surface area contributed by atoms with E-state index in [-0.39, 0.29) is 73.9 Å². The lowest BCUT2D eigenvalue weighted by molar-refractivity contribution is -0.0189. The van der Waals surface area contributed by atoms with Crippen LogP contribution in [0.15, 0.2) is 54.6 Å². The standard InChI is InChI=1S/C22H18O10.C16H12O6/c23-11-6-14(25)12-8-19(32-22(30)10-4-16(27)20(29)17(28)5-10)21(31-18(12)7-11)9-1-2-13(24)15(26)3-9;1-5-3-7(17)9-11(13(5)19)15(21)10-8(18)4-6(2)14(20)12(10)16(9)22/h1-7,19,21,23-29H,8H2;3-4,17-20H,1-2H3. The van der Waals surface area contributed by atoms with Gasteiger partial charge in [-0.05, 0) is 61.4 Å². The minimum absolute atomic E-state index is 0.0461. The molecule has 0 spiro atoms. The second kappa shape index (κ2) is 13.2. The highest BCUT2D eigenvalue weighted by atomic mass is 16.6. The molecule has 278 valence electrons. The number of ether oxygens (including phenoxy) is 2. The van der Waals surface area contributed by atoms with Crippen LogP contribution in [0.5, 0.6) is 69.0 Å². The van der Waals surface area contributed by atoms with Crippen molar-refractivity contribution in [2.45, 2.75) is 32.5 Å². The summed E-state index contributed by atoms with van der Waals surface area (Å²) in [6.07, 6.45) is -2.12. The lowest BCUT2D eigenvalue weighted by Gasteiger charge is -2.34. The zero-order valence-electron chi connectivity index (χ0n) is 28.0. The number of benzene rings is 5. The normalized spacial score (nSPS) is 15.5. The van der Waals surface area contributed by atoms with Crippen molar-refractivity contribution in [1.82, 2.24) is 0 Å². The summed E-state index contributed by atoms with van der Waals surface area (Å²) in [6, 6.07) is 10.4. The largest absolute Gasteiger partial charge is 0.508 e. The average molecular weight is 743 g/mol. The van der Waals surface area contributed by atoms with Crippen LogP contribution in [0.25, 0.3) is 0 Å². The lowest BCUT2D eigenvalue weighted by atomic mass is 9.80. The van der Waals surface area contributed by atoms with Gasteiger partial charge in [0.05, 0.1) is 27.8 Å². The summed E-state index contributed by atoms with van der Waals surface area (Å²) in [5.74, 6) is -7.87. The molecule has 16 nitrogen and oxygen atoms in total. The number of rotatable bonds is 3. The van der Waals surface area contributed by atoms with Gasteiger partial charge in [-0.2, -0.15) is 0 Å². The maximum atomic E-state index is 12.7. The first-order chi connectivity index (χ1) is 25.4. The van der Waals surface area contributed by atoms with Gasteiger partial charge in [0.1, 0.15) is 46.4 Å². The summed E-state index contributed by atoms with van der Waals surface area (Å²) in [4.78, 5) is 37.8. The fourth-order valence-electron chi connectivity index (χ4n) is 6.21. The predicted molar refractivity (Wildman–Crippen MR) is 183 cm³/mol. The van der Waals surface area contributed by atoms with Crippen molar-refractivity contribution in [3.63, 3.8) is 0 Å². The summed E-state index contributed by atoms with van der Waals surface area (Å²) in [5, 5.41) is 108. The fourth-order valence-corrected chi connectivity index (χ4v) is 6.21. The van der Waals surface area contributed by atoms with Crippen molar-refractivity contribution in [2.75, 3.05) is 0 Å². The second-order valence-electron chi connectivity index (χ2n) is 12.5. The highest BCUT2D eigenvalue weighted by Gasteiger charge is 2.40. The zero-order valence-corrected chi connectivity index (χ0v) is 28.0. The molecule has 1 aliphatic carbocycles. The maximum absolute atomic E-state index is 12.7. The third kappa shape index (κ3) is 6.10. The molecule has 0 radical (unpaired) electrons. The van der Waals surface area contributed by atoms with E-state index >= 15 is 0 Å². The number of hydrogen-bond acceptors (Lipinski definition) is 16. The molecule has 0 saturated heterocycles. The van der Waals surface area contributed by atoms with E-state index in [0.717, 1.165) is 30.3 Å². The van der Waals surface area contributed by atoms with Crippen LogP contribution in [0.3, 0.4) is 0 Å².